The molecule has 0 saturated heterocycles. The first-order chi connectivity index (χ1) is 9.76. The average molecular weight is 270 g/mol. The zero-order valence-corrected chi connectivity index (χ0v) is 11.7. The highest BCUT2D eigenvalue weighted by molar-refractivity contribution is 5.90. The first-order valence-corrected chi connectivity index (χ1v) is 6.31. The van der Waals surface area contributed by atoms with Crippen molar-refractivity contribution in [3.63, 3.8) is 0 Å². The third-order valence-corrected chi connectivity index (χ3v) is 2.90. The molecule has 0 aliphatic carbocycles. The molecule has 20 heavy (non-hydrogen) atoms. The van der Waals surface area contributed by atoms with Crippen LogP contribution in [0.25, 0.3) is 0 Å². The molecule has 0 aliphatic rings. The summed E-state index contributed by atoms with van der Waals surface area (Å²) in [5.74, 6) is 1.17. The van der Waals surface area contributed by atoms with E-state index in [1.165, 1.54) is 0 Å². The summed E-state index contributed by atoms with van der Waals surface area (Å²) in [5.41, 5.74) is 8.49. The van der Waals surface area contributed by atoms with Gasteiger partial charge in [-0.25, -0.2) is 0 Å². The smallest absolute Gasteiger partial charge is 0.184 e. The first-order valence-electron chi connectivity index (χ1n) is 6.31. The lowest BCUT2D eigenvalue weighted by Gasteiger charge is -2.14. The van der Waals surface area contributed by atoms with Crippen LogP contribution in [0, 0.1) is 0 Å². The minimum atomic E-state index is 0.470. The van der Waals surface area contributed by atoms with E-state index in [4.69, 9.17) is 15.2 Å². The molecule has 0 spiro atoms. The van der Waals surface area contributed by atoms with Crippen LogP contribution in [0.3, 0.4) is 0 Å². The quantitative estimate of drug-likeness (QED) is 0.671. The molecule has 0 fully saturated rings. The van der Waals surface area contributed by atoms with Crippen LogP contribution in [0.15, 0.2) is 47.5 Å². The number of nitrogens with zero attached hydrogens (tertiary/aromatic N) is 1. The molecule has 4 nitrogen and oxygen atoms in total. The monoisotopic (exact) mass is 270 g/mol. The van der Waals surface area contributed by atoms with Gasteiger partial charge in [0.2, 0.25) is 0 Å². The molecule has 2 aromatic rings. The van der Waals surface area contributed by atoms with Crippen molar-refractivity contribution in [1.82, 2.24) is 0 Å². The second-order valence-corrected chi connectivity index (χ2v) is 4.26. The molecular weight excluding hydrogens is 252 g/mol. The molecule has 2 aromatic carbocycles. The summed E-state index contributed by atoms with van der Waals surface area (Å²) in [5, 5.41) is 0. The molecule has 0 heterocycles. The molecule has 4 heteroatoms. The van der Waals surface area contributed by atoms with Gasteiger partial charge in [-0.2, -0.15) is 0 Å². The molecule has 2 N–H and O–H groups in total. The number of aliphatic imine (C=N–C) groups is 1. The van der Waals surface area contributed by atoms with Crippen LogP contribution in [-0.4, -0.2) is 20.4 Å². The Bertz CT molecular complexity index is 595. The molecule has 0 radical (unpaired) electrons. The second kappa shape index (κ2) is 6.61. The van der Waals surface area contributed by atoms with Crippen molar-refractivity contribution in [2.45, 2.75) is 6.61 Å². The van der Waals surface area contributed by atoms with Crippen LogP contribution in [0.1, 0.15) is 11.1 Å². The number of anilines is 1. The Labute approximate surface area is 118 Å². The molecule has 0 atom stereocenters. The lowest BCUT2D eigenvalue weighted by molar-refractivity contribution is 0.285. The van der Waals surface area contributed by atoms with E-state index in [9.17, 15) is 0 Å². The second-order valence-electron chi connectivity index (χ2n) is 4.26. The van der Waals surface area contributed by atoms with E-state index in [-0.39, 0.29) is 0 Å². The van der Waals surface area contributed by atoms with Gasteiger partial charge < -0.3 is 15.2 Å². The van der Waals surface area contributed by atoms with Crippen molar-refractivity contribution in [2.24, 2.45) is 4.99 Å². The lowest BCUT2D eigenvalue weighted by atomic mass is 10.1. The Morgan fingerprint density at radius 1 is 1.15 bits per heavy atom. The third-order valence-electron chi connectivity index (χ3n) is 2.90. The van der Waals surface area contributed by atoms with Gasteiger partial charge in [-0.05, 0) is 17.7 Å². The third kappa shape index (κ3) is 3.09. The minimum absolute atomic E-state index is 0.470. The highest BCUT2D eigenvalue weighted by Crippen LogP contribution is 2.35. The van der Waals surface area contributed by atoms with Crippen LogP contribution in [0.5, 0.6) is 11.5 Å². The maximum Gasteiger partial charge on any atom is 0.184 e. The predicted molar refractivity (Wildman–Crippen MR) is 81.7 cm³/mol. The number of rotatable bonds is 5. The van der Waals surface area contributed by atoms with Crippen LogP contribution in [0.2, 0.25) is 0 Å². The fraction of sp³-hybridized carbons (Fsp3) is 0.188. The molecule has 104 valence electrons. The predicted octanol–water partition coefficient (Wildman–Crippen LogP) is 2.91. The summed E-state index contributed by atoms with van der Waals surface area (Å²) in [6.07, 6.45) is 1.69. The molecule has 2 rings (SSSR count). The van der Waals surface area contributed by atoms with Crippen molar-refractivity contribution < 1.29 is 9.47 Å². The first kappa shape index (κ1) is 13.9. The number of ether oxygens (including phenoxy) is 2. The summed E-state index contributed by atoms with van der Waals surface area (Å²) >= 11 is 0. The van der Waals surface area contributed by atoms with Gasteiger partial charge in [0, 0.05) is 18.8 Å². The van der Waals surface area contributed by atoms with Gasteiger partial charge >= 0.3 is 0 Å². The van der Waals surface area contributed by atoms with Crippen molar-refractivity contribution in [2.75, 3.05) is 19.9 Å². The molecule has 0 saturated carbocycles. The Hall–Kier alpha value is -2.49. The van der Waals surface area contributed by atoms with Crippen molar-refractivity contribution >= 4 is 11.9 Å². The maximum atomic E-state index is 6.05. The molecular formula is C16H18N2O2. The van der Waals surface area contributed by atoms with Crippen molar-refractivity contribution in [3.05, 3.63) is 53.6 Å². The van der Waals surface area contributed by atoms with E-state index >= 15 is 0 Å². The number of nitrogen functional groups attached to an aromatic ring is 1. The Morgan fingerprint density at radius 2 is 1.90 bits per heavy atom. The summed E-state index contributed by atoms with van der Waals surface area (Å²) in [6.45, 7) is 0.470. The molecule has 0 unspecified atom stereocenters. The zero-order chi connectivity index (χ0) is 14.4. The van der Waals surface area contributed by atoms with Crippen molar-refractivity contribution in [3.8, 4) is 11.5 Å². The zero-order valence-electron chi connectivity index (χ0n) is 11.7. The Kier molecular flexibility index (Phi) is 4.60. The highest BCUT2D eigenvalue weighted by Gasteiger charge is 2.11. The number of hydrogen-bond acceptors (Lipinski definition) is 4. The van der Waals surface area contributed by atoms with E-state index in [1.807, 2.05) is 42.5 Å². The molecule has 0 amide bonds. The van der Waals surface area contributed by atoms with E-state index in [1.54, 1.807) is 20.4 Å². The number of benzene rings is 2. The minimum Gasteiger partial charge on any atom is -0.491 e. The van der Waals surface area contributed by atoms with Gasteiger partial charge in [0.15, 0.2) is 11.5 Å². The Balaban J connectivity index is 2.21. The number of nitrogens with two attached hydrogens (primary N) is 1. The van der Waals surface area contributed by atoms with Crippen LogP contribution in [0.4, 0.5) is 5.69 Å². The average Bonchev–Trinajstić information content (AvgIpc) is 2.49. The van der Waals surface area contributed by atoms with E-state index in [2.05, 4.69) is 4.99 Å². The fourth-order valence-corrected chi connectivity index (χ4v) is 1.91. The molecule has 0 aliphatic heterocycles. The van der Waals surface area contributed by atoms with Gasteiger partial charge in [0.1, 0.15) is 6.61 Å². The van der Waals surface area contributed by atoms with Crippen LogP contribution < -0.4 is 15.2 Å². The topological polar surface area (TPSA) is 56.8 Å². The van der Waals surface area contributed by atoms with E-state index in [0.29, 0.717) is 23.8 Å². The maximum absolute atomic E-state index is 6.05. The van der Waals surface area contributed by atoms with Crippen LogP contribution in [-0.2, 0) is 6.61 Å². The molecule has 0 bridgehead atoms. The standard InChI is InChI=1S/C16H18N2O2/c1-18-10-13-8-9-14(16(19-2)15(13)17)20-11-12-6-4-3-5-7-12/h3-10H,11,17H2,1-2H3/b18-10+. The summed E-state index contributed by atoms with van der Waals surface area (Å²) in [6, 6.07) is 13.7. The lowest BCUT2D eigenvalue weighted by Crippen LogP contribution is -2.02. The number of hydrogen-bond donors (Lipinski definition) is 1. The summed E-state index contributed by atoms with van der Waals surface area (Å²) in [7, 11) is 3.28. The SMILES string of the molecule is C/N=C/c1ccc(OCc2ccccc2)c(OC)c1N. The van der Waals surface area contributed by atoms with Gasteiger partial charge in [-0.15, -0.1) is 0 Å². The van der Waals surface area contributed by atoms with E-state index in [0.717, 1.165) is 11.1 Å². The fourth-order valence-electron chi connectivity index (χ4n) is 1.91. The van der Waals surface area contributed by atoms with Gasteiger partial charge in [0.05, 0.1) is 12.8 Å². The van der Waals surface area contributed by atoms with Crippen molar-refractivity contribution in [1.29, 1.82) is 0 Å². The molecule has 0 aromatic heterocycles. The number of methoxy groups -OCH3 is 1. The Morgan fingerprint density at radius 3 is 2.55 bits per heavy atom. The largest absolute Gasteiger partial charge is 0.491 e. The van der Waals surface area contributed by atoms with Gasteiger partial charge in [0.25, 0.3) is 0 Å². The van der Waals surface area contributed by atoms with Crippen LogP contribution >= 0.6 is 0 Å². The summed E-state index contributed by atoms with van der Waals surface area (Å²) < 4.78 is 11.1. The van der Waals surface area contributed by atoms with Gasteiger partial charge in [-0.3, -0.25) is 4.99 Å². The normalized spacial score (nSPS) is 10.7. The summed E-state index contributed by atoms with van der Waals surface area (Å²) in [4.78, 5) is 3.96. The highest BCUT2D eigenvalue weighted by atomic mass is 16.5. The van der Waals surface area contributed by atoms with E-state index < -0.39 is 0 Å². The van der Waals surface area contributed by atoms with Gasteiger partial charge in [-0.1, -0.05) is 30.3 Å².